The highest BCUT2D eigenvalue weighted by Gasteiger charge is 2.19. The van der Waals surface area contributed by atoms with Crippen molar-refractivity contribution in [2.24, 2.45) is 0 Å². The van der Waals surface area contributed by atoms with Crippen molar-refractivity contribution >= 4 is 21.7 Å². The fraction of sp³-hybridized carbons (Fsp3) is 0.200. The summed E-state index contributed by atoms with van der Waals surface area (Å²) in [5.74, 6) is -0.240. The lowest BCUT2D eigenvalue weighted by Crippen LogP contribution is -2.06. The van der Waals surface area contributed by atoms with Gasteiger partial charge in [0.25, 0.3) is 0 Å². The number of Topliss-reactive ketones (excluding diaryl/α,β-unsaturated/α-hetero) is 1. The zero-order valence-corrected chi connectivity index (χ0v) is 9.54. The Balaban J connectivity index is 3.49. The number of halogens is 1. The van der Waals surface area contributed by atoms with Crippen LogP contribution in [0.1, 0.15) is 15.9 Å². The summed E-state index contributed by atoms with van der Waals surface area (Å²) in [4.78, 5) is 11.5. The van der Waals surface area contributed by atoms with Crippen molar-refractivity contribution in [2.45, 2.75) is 0 Å². The van der Waals surface area contributed by atoms with Gasteiger partial charge in [0.1, 0.15) is 23.1 Å². The maximum Gasteiger partial charge on any atom is 0.178 e. The van der Waals surface area contributed by atoms with Crippen LogP contribution in [0.3, 0.4) is 0 Å². The van der Waals surface area contributed by atoms with Crippen molar-refractivity contribution in [3.05, 3.63) is 23.3 Å². The second-order valence-electron chi connectivity index (χ2n) is 2.71. The number of alkyl halides is 1. The molecule has 0 radical (unpaired) electrons. The van der Waals surface area contributed by atoms with Crippen molar-refractivity contribution < 1.29 is 14.6 Å². The predicted molar refractivity (Wildman–Crippen MR) is 57.5 cm³/mol. The number of hydrogen-bond acceptors (Lipinski definition) is 4. The average molecular weight is 270 g/mol. The lowest BCUT2D eigenvalue weighted by molar-refractivity contribution is 0.102. The lowest BCUT2D eigenvalue weighted by atomic mass is 10.0. The number of nitrogens with zero attached hydrogens (tertiary/aromatic N) is 1. The molecule has 0 aliphatic heterocycles. The van der Waals surface area contributed by atoms with Crippen molar-refractivity contribution in [1.29, 1.82) is 5.26 Å². The van der Waals surface area contributed by atoms with Gasteiger partial charge in [-0.3, -0.25) is 4.79 Å². The standard InChI is InChI=1S/C10H8BrNO3/c1-15-9-3-2-7(13)6(5-12)10(9)8(14)4-11/h2-3,13H,4H2,1H3. The summed E-state index contributed by atoms with van der Waals surface area (Å²) in [5.41, 5.74) is 0.0516. The van der Waals surface area contributed by atoms with Gasteiger partial charge < -0.3 is 9.84 Å². The van der Waals surface area contributed by atoms with Gasteiger partial charge in [-0.05, 0) is 12.1 Å². The number of ether oxygens (including phenoxy) is 1. The molecule has 0 amide bonds. The highest BCUT2D eigenvalue weighted by Crippen LogP contribution is 2.29. The van der Waals surface area contributed by atoms with Gasteiger partial charge in [-0.25, -0.2) is 0 Å². The third-order valence-corrected chi connectivity index (χ3v) is 2.39. The van der Waals surface area contributed by atoms with Crippen LogP contribution < -0.4 is 4.74 Å². The number of phenolic OH excluding ortho intramolecular Hbond substituents is 1. The third-order valence-electron chi connectivity index (χ3n) is 1.88. The summed E-state index contributed by atoms with van der Waals surface area (Å²) in [6.45, 7) is 0. The largest absolute Gasteiger partial charge is 0.507 e. The Labute approximate surface area is 95.2 Å². The second-order valence-corrected chi connectivity index (χ2v) is 3.27. The second kappa shape index (κ2) is 4.80. The number of carbonyl (C=O) groups is 1. The molecular formula is C10H8BrNO3. The summed E-state index contributed by atoms with van der Waals surface area (Å²) in [7, 11) is 1.40. The van der Waals surface area contributed by atoms with E-state index in [0.717, 1.165) is 0 Å². The topological polar surface area (TPSA) is 70.3 Å². The Hall–Kier alpha value is -1.54. The van der Waals surface area contributed by atoms with Gasteiger partial charge in [0, 0.05) is 0 Å². The molecule has 0 saturated heterocycles. The number of ketones is 1. The van der Waals surface area contributed by atoms with Crippen LogP contribution in [0, 0.1) is 11.3 Å². The average Bonchev–Trinajstić information content (AvgIpc) is 2.27. The molecule has 78 valence electrons. The molecule has 4 nitrogen and oxygen atoms in total. The van der Waals surface area contributed by atoms with Crippen LogP contribution in [0.4, 0.5) is 0 Å². The van der Waals surface area contributed by atoms with E-state index in [9.17, 15) is 9.90 Å². The molecule has 0 atom stereocenters. The van der Waals surface area contributed by atoms with E-state index in [1.807, 2.05) is 0 Å². The molecule has 0 aliphatic carbocycles. The first-order valence-electron chi connectivity index (χ1n) is 4.05. The maximum absolute atomic E-state index is 11.5. The minimum Gasteiger partial charge on any atom is -0.507 e. The van der Waals surface area contributed by atoms with E-state index in [1.165, 1.54) is 19.2 Å². The number of methoxy groups -OCH3 is 1. The molecular weight excluding hydrogens is 262 g/mol. The number of phenols is 1. The Morgan fingerprint density at radius 2 is 2.33 bits per heavy atom. The highest BCUT2D eigenvalue weighted by atomic mass is 79.9. The van der Waals surface area contributed by atoms with E-state index in [1.54, 1.807) is 6.07 Å². The maximum atomic E-state index is 11.5. The molecule has 0 fully saturated rings. The van der Waals surface area contributed by atoms with Crippen LogP contribution in [0.2, 0.25) is 0 Å². The van der Waals surface area contributed by atoms with E-state index in [-0.39, 0.29) is 33.7 Å². The molecule has 0 aliphatic rings. The van der Waals surface area contributed by atoms with Crippen molar-refractivity contribution in [2.75, 3.05) is 12.4 Å². The normalized spacial score (nSPS) is 9.40. The van der Waals surface area contributed by atoms with Crippen LogP contribution >= 0.6 is 15.9 Å². The van der Waals surface area contributed by atoms with E-state index in [4.69, 9.17) is 10.00 Å². The minimum absolute atomic E-state index is 0.0567. The molecule has 0 unspecified atom stereocenters. The molecule has 1 aromatic rings. The number of carbonyl (C=O) groups excluding carboxylic acids is 1. The fourth-order valence-corrected chi connectivity index (χ4v) is 1.48. The van der Waals surface area contributed by atoms with Gasteiger partial charge in [0.15, 0.2) is 5.78 Å². The molecule has 0 bridgehead atoms. The molecule has 0 spiro atoms. The van der Waals surface area contributed by atoms with Crippen LogP contribution in [0.15, 0.2) is 12.1 Å². The third kappa shape index (κ3) is 2.10. The van der Waals surface area contributed by atoms with Crippen molar-refractivity contribution in [3.63, 3.8) is 0 Å². The molecule has 1 rings (SSSR count). The molecule has 1 N–H and O–H groups in total. The monoisotopic (exact) mass is 269 g/mol. The number of aromatic hydroxyl groups is 1. The molecule has 0 aromatic heterocycles. The van der Waals surface area contributed by atoms with E-state index < -0.39 is 0 Å². The lowest BCUT2D eigenvalue weighted by Gasteiger charge is -2.08. The Bertz CT molecular complexity index is 437. The number of rotatable bonds is 3. The van der Waals surface area contributed by atoms with Crippen LogP contribution in [-0.4, -0.2) is 23.3 Å². The first-order chi connectivity index (χ1) is 7.15. The van der Waals surface area contributed by atoms with Gasteiger partial charge in [0.05, 0.1) is 18.0 Å². The van der Waals surface area contributed by atoms with Crippen LogP contribution in [0.25, 0.3) is 0 Å². The molecule has 0 heterocycles. The van der Waals surface area contributed by atoms with Gasteiger partial charge >= 0.3 is 0 Å². The van der Waals surface area contributed by atoms with Gasteiger partial charge in [0.2, 0.25) is 0 Å². The number of benzene rings is 1. The Morgan fingerprint density at radius 3 is 2.80 bits per heavy atom. The smallest absolute Gasteiger partial charge is 0.178 e. The summed E-state index contributed by atoms with van der Waals surface area (Å²) < 4.78 is 4.96. The fourth-order valence-electron chi connectivity index (χ4n) is 1.20. The van der Waals surface area contributed by atoms with Crippen molar-refractivity contribution in [1.82, 2.24) is 0 Å². The first-order valence-corrected chi connectivity index (χ1v) is 5.17. The predicted octanol–water partition coefficient (Wildman–Crippen LogP) is 1.85. The van der Waals surface area contributed by atoms with E-state index in [2.05, 4.69) is 15.9 Å². The van der Waals surface area contributed by atoms with Crippen LogP contribution in [-0.2, 0) is 0 Å². The zero-order valence-electron chi connectivity index (χ0n) is 7.95. The highest BCUT2D eigenvalue weighted by molar-refractivity contribution is 9.09. The molecule has 0 saturated carbocycles. The molecule has 15 heavy (non-hydrogen) atoms. The van der Waals surface area contributed by atoms with Gasteiger partial charge in [-0.2, -0.15) is 5.26 Å². The summed E-state index contributed by atoms with van der Waals surface area (Å²) >= 11 is 3.01. The summed E-state index contributed by atoms with van der Waals surface area (Å²) in [6.07, 6.45) is 0. The van der Waals surface area contributed by atoms with Crippen molar-refractivity contribution in [3.8, 4) is 17.6 Å². The molecule has 5 heteroatoms. The van der Waals surface area contributed by atoms with E-state index in [0.29, 0.717) is 0 Å². The number of hydrogen-bond donors (Lipinski definition) is 1. The summed E-state index contributed by atoms with van der Waals surface area (Å²) in [6, 6.07) is 4.55. The van der Waals surface area contributed by atoms with Gasteiger partial charge in [-0.15, -0.1) is 0 Å². The quantitative estimate of drug-likeness (QED) is 0.672. The first kappa shape index (κ1) is 11.5. The minimum atomic E-state index is -0.306. The van der Waals surface area contributed by atoms with Gasteiger partial charge in [-0.1, -0.05) is 15.9 Å². The van der Waals surface area contributed by atoms with Crippen LogP contribution in [0.5, 0.6) is 11.5 Å². The summed E-state index contributed by atoms with van der Waals surface area (Å²) in [5, 5.41) is 18.3. The Morgan fingerprint density at radius 1 is 1.67 bits per heavy atom. The van der Waals surface area contributed by atoms with E-state index >= 15 is 0 Å². The SMILES string of the molecule is COc1ccc(O)c(C#N)c1C(=O)CBr. The zero-order chi connectivity index (χ0) is 11.4. The number of nitriles is 1. The Kier molecular flexibility index (Phi) is 3.69. The molecule has 1 aromatic carbocycles.